The number of carbonyl (C=O) groups excluding carboxylic acids is 4. The lowest BCUT2D eigenvalue weighted by Crippen LogP contribution is -2.47. The Balaban J connectivity index is 0.906. The number of unbranched alkanes of at least 4 members (excludes halogenated alkanes) is 5. The lowest BCUT2D eigenvalue weighted by molar-refractivity contribution is -0.146. The van der Waals surface area contributed by atoms with E-state index in [4.69, 9.17) is 20.9 Å². The molecule has 8 unspecified atom stereocenters. The summed E-state index contributed by atoms with van der Waals surface area (Å²) in [5, 5.41) is 0. The van der Waals surface area contributed by atoms with Crippen molar-refractivity contribution >= 4 is 23.6 Å². The highest BCUT2D eigenvalue weighted by Crippen LogP contribution is 2.55. The summed E-state index contributed by atoms with van der Waals surface area (Å²) in [5.74, 6) is -1.83. The topological polar surface area (TPSA) is 145 Å². The minimum absolute atomic E-state index is 0.0787. The number of nitrogens with zero attached hydrogens (tertiary/aromatic N) is 2. The summed E-state index contributed by atoms with van der Waals surface area (Å²) < 4.78 is 12.0. The van der Waals surface area contributed by atoms with Gasteiger partial charge in [0.2, 0.25) is 23.6 Å². The predicted octanol–water partition coefficient (Wildman–Crippen LogP) is 0.310. The minimum Gasteiger partial charge on any atom is -0.369 e. The van der Waals surface area contributed by atoms with Crippen molar-refractivity contribution in [1.29, 1.82) is 0 Å². The third-order valence-corrected chi connectivity index (χ3v) is 10.0. The number of amides is 4. The molecule has 0 aromatic carbocycles. The van der Waals surface area contributed by atoms with E-state index in [0.29, 0.717) is 13.1 Å². The molecule has 6 aliphatic heterocycles. The van der Waals surface area contributed by atoms with Crippen molar-refractivity contribution in [2.24, 2.45) is 35.1 Å². The van der Waals surface area contributed by atoms with Crippen LogP contribution in [0.3, 0.4) is 0 Å². The Morgan fingerprint density at radius 1 is 0.639 bits per heavy atom. The number of nitrogens with two attached hydrogens (primary N) is 2. The fourth-order valence-corrected chi connectivity index (χ4v) is 8.17. The van der Waals surface area contributed by atoms with Gasteiger partial charge in [-0.15, -0.1) is 0 Å². The van der Waals surface area contributed by atoms with Crippen molar-refractivity contribution < 1.29 is 28.7 Å². The molecule has 6 fully saturated rings. The minimum atomic E-state index is -0.634. The largest absolute Gasteiger partial charge is 0.369 e. The molecular formula is C26H38N4O6. The zero-order chi connectivity index (χ0) is 25.2. The van der Waals surface area contributed by atoms with Crippen LogP contribution in [-0.2, 0) is 28.7 Å². The zero-order valence-electron chi connectivity index (χ0n) is 20.9. The Bertz CT molecular complexity index is 898. The zero-order valence-corrected chi connectivity index (χ0v) is 20.9. The summed E-state index contributed by atoms with van der Waals surface area (Å²) in [6.07, 6.45) is 8.24. The lowest BCUT2D eigenvalue weighted by atomic mass is 9.73. The number of fused-ring (bicyclic) bond motifs is 10. The molecule has 10 nitrogen and oxygen atoms in total. The normalized spacial score (nSPS) is 42.4. The number of hydrogen-bond donors (Lipinski definition) is 2. The van der Waals surface area contributed by atoms with Crippen LogP contribution in [0.1, 0.15) is 64.2 Å². The summed E-state index contributed by atoms with van der Waals surface area (Å²) in [6.45, 7) is 1.50. The van der Waals surface area contributed by atoms with Crippen molar-refractivity contribution in [2.45, 2.75) is 87.6 Å². The van der Waals surface area contributed by atoms with Crippen LogP contribution in [0.15, 0.2) is 0 Å². The fourth-order valence-electron chi connectivity index (χ4n) is 8.17. The molecular weight excluding hydrogens is 464 g/mol. The highest BCUT2D eigenvalue weighted by atomic mass is 16.5. The van der Waals surface area contributed by atoms with Crippen LogP contribution >= 0.6 is 0 Å². The molecule has 6 heterocycles. The van der Waals surface area contributed by atoms with Crippen molar-refractivity contribution in [3.05, 3.63) is 0 Å². The average molecular weight is 503 g/mol. The maximum atomic E-state index is 13.0. The predicted molar refractivity (Wildman–Crippen MR) is 127 cm³/mol. The van der Waals surface area contributed by atoms with Gasteiger partial charge in [0.1, 0.15) is 0 Å². The Morgan fingerprint density at radius 2 is 1.03 bits per heavy atom. The molecule has 0 aromatic heterocycles. The van der Waals surface area contributed by atoms with Gasteiger partial charge in [-0.05, 0) is 38.5 Å². The molecule has 6 saturated heterocycles. The van der Waals surface area contributed by atoms with E-state index in [1.807, 2.05) is 0 Å². The number of imide groups is 2. The van der Waals surface area contributed by atoms with Crippen LogP contribution in [0.25, 0.3) is 0 Å². The van der Waals surface area contributed by atoms with E-state index in [1.54, 1.807) is 0 Å². The molecule has 4 N–H and O–H groups in total. The molecule has 0 aliphatic carbocycles. The molecule has 0 spiro atoms. The SMILES string of the molecule is NCC12CCC(O1)C1C(=O)N(CCCCCCCCN3C(=O)C4C5CCC(CN)(O5)C4C3=O)C(=O)C12. The van der Waals surface area contributed by atoms with Crippen molar-refractivity contribution in [1.82, 2.24) is 9.80 Å². The molecule has 0 radical (unpaired) electrons. The molecule has 6 rings (SSSR count). The summed E-state index contributed by atoms with van der Waals surface area (Å²) in [6, 6.07) is 0. The molecule has 0 aromatic rings. The van der Waals surface area contributed by atoms with Gasteiger partial charge < -0.3 is 20.9 Å². The van der Waals surface area contributed by atoms with E-state index < -0.39 is 23.0 Å². The van der Waals surface area contributed by atoms with Crippen molar-refractivity contribution in [3.8, 4) is 0 Å². The number of hydrogen-bond acceptors (Lipinski definition) is 8. The molecule has 36 heavy (non-hydrogen) atoms. The van der Waals surface area contributed by atoms with Gasteiger partial charge in [0, 0.05) is 26.2 Å². The Kier molecular flexibility index (Phi) is 6.02. The smallest absolute Gasteiger partial charge is 0.236 e. The second-order valence-electron chi connectivity index (χ2n) is 11.7. The quantitative estimate of drug-likeness (QED) is 0.303. The average Bonchev–Trinajstić information content (AvgIpc) is 3.70. The van der Waals surface area contributed by atoms with Crippen molar-refractivity contribution in [2.75, 3.05) is 26.2 Å². The Morgan fingerprint density at radius 3 is 1.42 bits per heavy atom. The van der Waals surface area contributed by atoms with E-state index in [2.05, 4.69) is 0 Å². The maximum Gasteiger partial charge on any atom is 0.236 e. The second kappa shape index (κ2) is 8.85. The number of carbonyl (C=O) groups is 4. The van der Waals surface area contributed by atoms with Gasteiger partial charge in [-0.25, -0.2) is 0 Å². The van der Waals surface area contributed by atoms with Gasteiger partial charge in [0.25, 0.3) is 0 Å². The first-order chi connectivity index (χ1) is 17.4. The first-order valence-electron chi connectivity index (χ1n) is 13.8. The van der Waals surface area contributed by atoms with Crippen LogP contribution in [0.5, 0.6) is 0 Å². The van der Waals surface area contributed by atoms with E-state index in [9.17, 15) is 19.2 Å². The van der Waals surface area contributed by atoms with Gasteiger partial charge >= 0.3 is 0 Å². The van der Waals surface area contributed by atoms with E-state index in [0.717, 1.165) is 64.2 Å². The van der Waals surface area contributed by atoms with Crippen LogP contribution in [0.2, 0.25) is 0 Å². The van der Waals surface area contributed by atoms with E-state index in [1.165, 1.54) is 9.80 Å². The lowest BCUT2D eigenvalue weighted by Gasteiger charge is -2.29. The van der Waals surface area contributed by atoms with E-state index >= 15 is 0 Å². The number of ether oxygens (including phenoxy) is 2. The molecule has 10 heteroatoms. The van der Waals surface area contributed by atoms with Crippen LogP contribution < -0.4 is 11.5 Å². The highest BCUT2D eigenvalue weighted by molar-refractivity contribution is 6.07. The van der Waals surface area contributed by atoms with Gasteiger partial charge in [-0.1, -0.05) is 25.7 Å². The third-order valence-electron chi connectivity index (χ3n) is 10.0. The first-order valence-corrected chi connectivity index (χ1v) is 13.8. The van der Waals surface area contributed by atoms with Gasteiger partial charge in [-0.3, -0.25) is 29.0 Å². The number of rotatable bonds is 11. The number of likely N-dealkylation sites (tertiary alicyclic amines) is 2. The standard InChI is InChI=1S/C26H38N4O6/c27-13-25-9-7-15(35-25)17-19(25)23(33)29(21(17)31)11-5-3-1-2-4-6-12-30-22(32)18-16-8-10-26(14-28,36-16)20(18)24(30)34/h15-20H,1-14,27-28H2. The van der Waals surface area contributed by atoms with Gasteiger partial charge in [-0.2, -0.15) is 0 Å². The summed E-state index contributed by atoms with van der Waals surface area (Å²) in [5.41, 5.74) is 10.6. The molecule has 6 aliphatic rings. The molecule has 4 amide bonds. The molecule has 8 atom stereocenters. The summed E-state index contributed by atoms with van der Waals surface area (Å²) in [4.78, 5) is 54.7. The van der Waals surface area contributed by atoms with Crippen LogP contribution in [0, 0.1) is 23.7 Å². The maximum absolute atomic E-state index is 13.0. The van der Waals surface area contributed by atoms with Gasteiger partial charge in [0.05, 0.1) is 47.1 Å². The first kappa shape index (κ1) is 24.5. The Labute approximate surface area is 211 Å². The molecule has 198 valence electrons. The highest BCUT2D eigenvalue weighted by Gasteiger charge is 2.69. The Hall–Kier alpha value is -1.88. The summed E-state index contributed by atoms with van der Waals surface area (Å²) in [7, 11) is 0. The van der Waals surface area contributed by atoms with Crippen molar-refractivity contribution in [3.63, 3.8) is 0 Å². The van der Waals surface area contributed by atoms with E-state index in [-0.39, 0.29) is 60.8 Å². The molecule has 0 saturated carbocycles. The fraction of sp³-hybridized carbons (Fsp3) is 0.846. The molecule has 4 bridgehead atoms. The second-order valence-corrected chi connectivity index (χ2v) is 11.7. The monoisotopic (exact) mass is 502 g/mol. The van der Waals surface area contributed by atoms with Crippen LogP contribution in [-0.4, -0.2) is 83.0 Å². The third kappa shape index (κ3) is 3.30. The summed E-state index contributed by atoms with van der Waals surface area (Å²) >= 11 is 0. The van der Waals surface area contributed by atoms with Crippen LogP contribution in [0.4, 0.5) is 0 Å². The van der Waals surface area contributed by atoms with Gasteiger partial charge in [0.15, 0.2) is 0 Å².